The smallest absolute Gasteiger partial charge is 0.247 e. The lowest BCUT2D eigenvalue weighted by molar-refractivity contribution is -0.118. The van der Waals surface area contributed by atoms with Gasteiger partial charge in [0.1, 0.15) is 11.6 Å². The van der Waals surface area contributed by atoms with Gasteiger partial charge in [0.15, 0.2) is 5.69 Å². The highest BCUT2D eigenvalue weighted by Gasteiger charge is 2.35. The highest BCUT2D eigenvalue weighted by molar-refractivity contribution is 7.99. The summed E-state index contributed by atoms with van der Waals surface area (Å²) in [7, 11) is 0. The minimum atomic E-state index is -1.19. The minimum Gasteiger partial charge on any atom is -0.447 e. The van der Waals surface area contributed by atoms with Crippen LogP contribution in [-0.2, 0) is 4.79 Å². The van der Waals surface area contributed by atoms with Gasteiger partial charge in [-0.15, -0.1) is 10.2 Å². The van der Waals surface area contributed by atoms with E-state index in [2.05, 4.69) is 15.2 Å². The van der Waals surface area contributed by atoms with Gasteiger partial charge in [-0.3, -0.25) is 9.69 Å². The second kappa shape index (κ2) is 7.75. The fourth-order valence-corrected chi connectivity index (χ4v) is 3.65. The predicted octanol–water partition coefficient (Wildman–Crippen LogP) is 4.37. The van der Waals surface area contributed by atoms with E-state index in [0.29, 0.717) is 22.1 Å². The summed E-state index contributed by atoms with van der Waals surface area (Å²) in [5.74, 6) is -1.07. The first-order valence-corrected chi connectivity index (χ1v) is 9.86. The van der Waals surface area contributed by atoms with Crippen LogP contribution in [0.15, 0.2) is 47.6 Å². The van der Waals surface area contributed by atoms with E-state index in [0.717, 1.165) is 17.9 Å². The first-order valence-electron chi connectivity index (χ1n) is 8.88. The van der Waals surface area contributed by atoms with Gasteiger partial charge in [0.05, 0.1) is 5.69 Å². The first-order chi connectivity index (χ1) is 14.0. The molecule has 0 spiro atoms. The second-order valence-electron chi connectivity index (χ2n) is 6.22. The molecule has 1 atom stereocenters. The molecule has 6 nitrogen and oxygen atoms in total. The lowest BCUT2D eigenvalue weighted by atomic mass is 10.1. The average molecular weight is 414 g/mol. The number of anilines is 1. The van der Waals surface area contributed by atoms with Crippen LogP contribution < -0.4 is 9.64 Å². The number of thioether (sulfide) groups is 1. The third-order valence-corrected chi connectivity index (χ3v) is 5.07. The van der Waals surface area contributed by atoms with Gasteiger partial charge in [-0.1, -0.05) is 36.9 Å². The van der Waals surface area contributed by atoms with Crippen LogP contribution >= 0.6 is 11.8 Å². The molecule has 0 saturated carbocycles. The normalized spacial score (nSPS) is 15.2. The molecule has 9 heteroatoms. The maximum absolute atomic E-state index is 14.6. The number of benzene rings is 2. The molecule has 0 N–H and O–H groups in total. The Morgan fingerprint density at radius 1 is 1.21 bits per heavy atom. The predicted molar refractivity (Wildman–Crippen MR) is 105 cm³/mol. The van der Waals surface area contributed by atoms with E-state index in [4.69, 9.17) is 4.74 Å². The van der Waals surface area contributed by atoms with E-state index in [1.165, 1.54) is 29.7 Å². The number of rotatable bonds is 3. The van der Waals surface area contributed by atoms with Crippen LogP contribution in [0.3, 0.4) is 0 Å². The van der Waals surface area contributed by atoms with Crippen molar-refractivity contribution in [2.24, 2.45) is 0 Å². The van der Waals surface area contributed by atoms with E-state index in [-0.39, 0.29) is 17.4 Å². The summed E-state index contributed by atoms with van der Waals surface area (Å²) in [6.45, 7) is 3.30. The van der Waals surface area contributed by atoms with Gasteiger partial charge in [0.2, 0.25) is 23.2 Å². The Morgan fingerprint density at radius 3 is 2.72 bits per heavy atom. The van der Waals surface area contributed by atoms with Crippen molar-refractivity contribution >= 4 is 23.4 Å². The minimum absolute atomic E-state index is 0.00700. The topological polar surface area (TPSA) is 68.2 Å². The highest BCUT2D eigenvalue weighted by Crippen LogP contribution is 2.43. The van der Waals surface area contributed by atoms with Crippen molar-refractivity contribution in [3.8, 4) is 17.1 Å². The zero-order valence-corrected chi connectivity index (χ0v) is 16.4. The Hall–Kier alpha value is -3.07. The molecule has 1 aliphatic rings. The molecule has 0 bridgehead atoms. The van der Waals surface area contributed by atoms with Crippen molar-refractivity contribution in [1.82, 2.24) is 15.2 Å². The van der Waals surface area contributed by atoms with Crippen LogP contribution in [0, 0.1) is 11.6 Å². The van der Waals surface area contributed by atoms with Crippen molar-refractivity contribution in [2.45, 2.75) is 25.2 Å². The van der Waals surface area contributed by atoms with Crippen LogP contribution in [0.25, 0.3) is 11.3 Å². The quantitative estimate of drug-likeness (QED) is 0.593. The number of para-hydroxylation sites is 1. The summed E-state index contributed by atoms with van der Waals surface area (Å²) in [6, 6.07) is 10.1. The van der Waals surface area contributed by atoms with Crippen molar-refractivity contribution in [3.05, 3.63) is 59.7 Å². The zero-order chi connectivity index (χ0) is 20.5. The molecule has 1 amide bonds. The summed E-state index contributed by atoms with van der Waals surface area (Å²) in [5.41, 5.74) is 1.40. The Balaban J connectivity index is 1.96. The van der Waals surface area contributed by atoms with Crippen molar-refractivity contribution in [2.75, 3.05) is 10.7 Å². The third kappa shape index (κ3) is 3.53. The van der Waals surface area contributed by atoms with E-state index >= 15 is 0 Å². The number of fused-ring (bicyclic) bond motifs is 3. The van der Waals surface area contributed by atoms with Crippen LogP contribution in [0.4, 0.5) is 14.5 Å². The van der Waals surface area contributed by atoms with Gasteiger partial charge < -0.3 is 4.74 Å². The van der Waals surface area contributed by atoms with Crippen molar-refractivity contribution in [3.63, 3.8) is 0 Å². The monoisotopic (exact) mass is 414 g/mol. The summed E-state index contributed by atoms with van der Waals surface area (Å²) in [6.07, 6.45) is -1.19. The number of carbonyl (C=O) groups excluding carboxylic acids is 1. The molecule has 148 valence electrons. The number of ether oxygens (including phenoxy) is 1. The SMILES string of the molecule is CCSc1nnc2c(n1)O[C@H](c1ccc(F)cc1F)N(C(C)=O)c1ccccc1-2. The average Bonchev–Trinajstić information content (AvgIpc) is 2.82. The van der Waals surface area contributed by atoms with Gasteiger partial charge >= 0.3 is 0 Å². The van der Waals surface area contributed by atoms with Crippen LogP contribution in [0.5, 0.6) is 5.88 Å². The molecular formula is C20H16F2N4O2S. The molecule has 0 fully saturated rings. The lowest BCUT2D eigenvalue weighted by Crippen LogP contribution is -2.36. The summed E-state index contributed by atoms with van der Waals surface area (Å²) in [5, 5.41) is 8.76. The maximum Gasteiger partial charge on any atom is 0.247 e. The highest BCUT2D eigenvalue weighted by atomic mass is 32.2. The first kappa shape index (κ1) is 19.3. The fourth-order valence-electron chi connectivity index (χ4n) is 3.15. The standard InChI is InChI=1S/C20H16F2N4O2S/c1-3-29-20-23-18-17(24-25-20)14-6-4-5-7-16(14)26(11(2)27)19(28-18)13-9-8-12(21)10-15(13)22/h4-10,19H,3H2,1-2H3/t19-/m1/s1. The largest absolute Gasteiger partial charge is 0.447 e. The molecule has 4 rings (SSSR count). The Kier molecular flexibility index (Phi) is 5.14. The molecule has 2 heterocycles. The van der Waals surface area contributed by atoms with E-state index in [1.54, 1.807) is 24.3 Å². The van der Waals surface area contributed by atoms with E-state index in [1.807, 2.05) is 6.92 Å². The second-order valence-corrected chi connectivity index (χ2v) is 7.45. The maximum atomic E-state index is 14.6. The summed E-state index contributed by atoms with van der Waals surface area (Å²) in [4.78, 5) is 18.3. The molecule has 1 aliphatic heterocycles. The number of aromatic nitrogens is 3. The molecule has 1 aromatic heterocycles. The fraction of sp³-hybridized carbons (Fsp3) is 0.200. The van der Waals surface area contributed by atoms with Gasteiger partial charge in [0.25, 0.3) is 0 Å². The molecule has 0 saturated heterocycles. The lowest BCUT2D eigenvalue weighted by Gasteiger charge is -2.30. The van der Waals surface area contributed by atoms with Crippen molar-refractivity contribution < 1.29 is 18.3 Å². The van der Waals surface area contributed by atoms with E-state index in [9.17, 15) is 13.6 Å². The zero-order valence-electron chi connectivity index (χ0n) is 15.6. The molecule has 29 heavy (non-hydrogen) atoms. The molecular weight excluding hydrogens is 398 g/mol. The molecule has 0 unspecified atom stereocenters. The van der Waals surface area contributed by atoms with Crippen LogP contribution in [0.2, 0.25) is 0 Å². The van der Waals surface area contributed by atoms with Gasteiger partial charge in [-0.25, -0.2) is 8.78 Å². The number of hydrogen-bond donors (Lipinski definition) is 0. The number of carbonyl (C=O) groups is 1. The van der Waals surface area contributed by atoms with Crippen LogP contribution in [-0.4, -0.2) is 26.8 Å². The molecule has 3 aromatic rings. The van der Waals surface area contributed by atoms with Crippen LogP contribution in [0.1, 0.15) is 25.6 Å². The summed E-state index contributed by atoms with van der Waals surface area (Å²) < 4.78 is 34.1. The Bertz CT molecular complexity index is 1100. The molecule has 0 aliphatic carbocycles. The Morgan fingerprint density at radius 2 is 2.00 bits per heavy atom. The number of hydrogen-bond acceptors (Lipinski definition) is 6. The molecule has 0 radical (unpaired) electrons. The third-order valence-electron chi connectivity index (χ3n) is 4.35. The molecule has 2 aromatic carbocycles. The number of amides is 1. The number of halogens is 2. The van der Waals surface area contributed by atoms with Crippen molar-refractivity contribution in [1.29, 1.82) is 0 Å². The van der Waals surface area contributed by atoms with Gasteiger partial charge in [-0.05, 0) is 24.0 Å². The van der Waals surface area contributed by atoms with Gasteiger partial charge in [0, 0.05) is 24.1 Å². The van der Waals surface area contributed by atoms with Gasteiger partial charge in [-0.2, -0.15) is 4.98 Å². The van der Waals surface area contributed by atoms with E-state index < -0.39 is 17.9 Å². The Labute approximate surface area is 169 Å². The summed E-state index contributed by atoms with van der Waals surface area (Å²) >= 11 is 1.38. The number of nitrogens with zero attached hydrogens (tertiary/aromatic N) is 4.